The predicted octanol–water partition coefficient (Wildman–Crippen LogP) is 3.62. The predicted molar refractivity (Wildman–Crippen MR) is 132 cm³/mol. The lowest BCUT2D eigenvalue weighted by Gasteiger charge is -2.33. The van der Waals surface area contributed by atoms with Crippen LogP contribution < -0.4 is 9.62 Å². The molecule has 2 rings (SSSR count). The summed E-state index contributed by atoms with van der Waals surface area (Å²) in [7, 11) is -3.78. The molecule has 0 saturated heterocycles. The van der Waals surface area contributed by atoms with Crippen LogP contribution in [0.3, 0.4) is 0 Å². The van der Waals surface area contributed by atoms with Crippen molar-refractivity contribution in [1.82, 2.24) is 10.2 Å². The van der Waals surface area contributed by atoms with Gasteiger partial charge in [-0.25, -0.2) is 12.8 Å². The molecule has 2 amide bonds. The van der Waals surface area contributed by atoms with Crippen molar-refractivity contribution < 1.29 is 22.4 Å². The van der Waals surface area contributed by atoms with Crippen LogP contribution >= 0.6 is 0 Å². The summed E-state index contributed by atoms with van der Waals surface area (Å²) >= 11 is 0. The summed E-state index contributed by atoms with van der Waals surface area (Å²) in [5, 5.41) is 2.91. The molecule has 0 aliphatic rings. The fourth-order valence-corrected chi connectivity index (χ4v) is 4.39. The van der Waals surface area contributed by atoms with Gasteiger partial charge < -0.3 is 10.2 Å². The lowest BCUT2D eigenvalue weighted by molar-refractivity contribution is -0.140. The third-order valence-corrected chi connectivity index (χ3v) is 6.76. The van der Waals surface area contributed by atoms with Gasteiger partial charge in [0.25, 0.3) is 0 Å². The average Bonchev–Trinajstić information content (AvgIpc) is 2.77. The van der Waals surface area contributed by atoms with Crippen molar-refractivity contribution in [2.45, 2.75) is 59.2 Å². The lowest BCUT2D eigenvalue weighted by atomic mass is 10.1. The summed E-state index contributed by atoms with van der Waals surface area (Å²) in [4.78, 5) is 28.0. The molecule has 34 heavy (non-hydrogen) atoms. The second kappa shape index (κ2) is 12.0. The van der Waals surface area contributed by atoms with Crippen LogP contribution in [0.4, 0.5) is 10.1 Å². The molecule has 2 aromatic rings. The monoisotopic (exact) mass is 491 g/mol. The van der Waals surface area contributed by atoms with Crippen LogP contribution in [0.1, 0.15) is 44.7 Å². The van der Waals surface area contributed by atoms with Crippen LogP contribution in [0.5, 0.6) is 0 Å². The number of nitrogens with zero attached hydrogens (tertiary/aromatic N) is 2. The van der Waals surface area contributed by atoms with Gasteiger partial charge in [0.15, 0.2) is 0 Å². The fourth-order valence-electron chi connectivity index (χ4n) is 3.54. The third kappa shape index (κ3) is 7.55. The lowest BCUT2D eigenvalue weighted by Crippen LogP contribution is -2.53. The molecule has 7 nitrogen and oxygen atoms in total. The number of sulfonamides is 1. The Kier molecular flexibility index (Phi) is 9.61. The molecule has 0 unspecified atom stereocenters. The van der Waals surface area contributed by atoms with Crippen LogP contribution in [0.25, 0.3) is 0 Å². The molecule has 0 aliphatic carbocycles. The molecule has 2 atom stereocenters. The van der Waals surface area contributed by atoms with Crippen LogP contribution in [-0.2, 0) is 26.2 Å². The van der Waals surface area contributed by atoms with E-state index in [0.717, 1.165) is 22.5 Å². The normalized spacial score (nSPS) is 13.1. The number of carbonyl (C=O) groups excluding carboxylic acids is 2. The molecular weight excluding hydrogens is 457 g/mol. The summed E-state index contributed by atoms with van der Waals surface area (Å²) < 4.78 is 39.6. The van der Waals surface area contributed by atoms with E-state index in [0.29, 0.717) is 17.7 Å². The number of hydrogen-bond donors (Lipinski definition) is 1. The van der Waals surface area contributed by atoms with Gasteiger partial charge in [-0.15, -0.1) is 0 Å². The van der Waals surface area contributed by atoms with E-state index in [4.69, 9.17) is 0 Å². The number of benzene rings is 2. The molecule has 9 heteroatoms. The molecule has 0 spiro atoms. The van der Waals surface area contributed by atoms with E-state index in [1.807, 2.05) is 26.8 Å². The SMILES string of the molecule is CC[C@@H](C)NC(=O)[C@H](CC)N(Cc1ccc(F)cc1)C(=O)CN(c1cccc(C)c1)S(C)(=O)=O. The van der Waals surface area contributed by atoms with Crippen LogP contribution in [0, 0.1) is 12.7 Å². The summed E-state index contributed by atoms with van der Waals surface area (Å²) in [6, 6.07) is 11.6. The molecule has 0 bridgehead atoms. The zero-order valence-electron chi connectivity index (χ0n) is 20.4. The van der Waals surface area contributed by atoms with Crippen molar-refractivity contribution in [3.8, 4) is 0 Å². The number of hydrogen-bond acceptors (Lipinski definition) is 4. The summed E-state index contributed by atoms with van der Waals surface area (Å²) in [5.41, 5.74) is 1.85. The number of halogens is 1. The number of anilines is 1. The topological polar surface area (TPSA) is 86.8 Å². The van der Waals surface area contributed by atoms with Crippen molar-refractivity contribution >= 4 is 27.5 Å². The number of aryl methyl sites for hydroxylation is 1. The third-order valence-electron chi connectivity index (χ3n) is 5.62. The zero-order valence-corrected chi connectivity index (χ0v) is 21.2. The van der Waals surface area contributed by atoms with E-state index >= 15 is 0 Å². The summed E-state index contributed by atoms with van der Waals surface area (Å²) in [6.07, 6.45) is 2.10. The molecule has 1 N–H and O–H groups in total. The highest BCUT2D eigenvalue weighted by atomic mass is 32.2. The van der Waals surface area contributed by atoms with Crippen molar-refractivity contribution in [2.24, 2.45) is 0 Å². The van der Waals surface area contributed by atoms with Crippen molar-refractivity contribution in [3.05, 3.63) is 65.5 Å². The maximum Gasteiger partial charge on any atom is 0.244 e. The maximum atomic E-state index is 13.6. The van der Waals surface area contributed by atoms with Gasteiger partial charge in [-0.2, -0.15) is 0 Å². The van der Waals surface area contributed by atoms with Gasteiger partial charge in [0, 0.05) is 12.6 Å². The van der Waals surface area contributed by atoms with Gasteiger partial charge in [-0.1, -0.05) is 38.1 Å². The molecule has 0 fully saturated rings. The first-order chi connectivity index (χ1) is 16.0. The highest BCUT2D eigenvalue weighted by molar-refractivity contribution is 7.92. The molecule has 0 saturated carbocycles. The van der Waals surface area contributed by atoms with Gasteiger partial charge in [0.1, 0.15) is 18.4 Å². The quantitative estimate of drug-likeness (QED) is 0.520. The molecule has 186 valence electrons. The largest absolute Gasteiger partial charge is 0.352 e. The Morgan fingerprint density at radius 1 is 1.06 bits per heavy atom. The Bertz CT molecular complexity index is 1090. The van der Waals surface area contributed by atoms with E-state index < -0.39 is 34.3 Å². The van der Waals surface area contributed by atoms with E-state index in [-0.39, 0.29) is 18.5 Å². The highest BCUT2D eigenvalue weighted by Crippen LogP contribution is 2.21. The number of amides is 2. The summed E-state index contributed by atoms with van der Waals surface area (Å²) in [6.45, 7) is 7.02. The van der Waals surface area contributed by atoms with Crippen molar-refractivity contribution in [1.29, 1.82) is 0 Å². The minimum atomic E-state index is -3.78. The average molecular weight is 492 g/mol. The minimum Gasteiger partial charge on any atom is -0.352 e. The number of carbonyl (C=O) groups is 2. The first-order valence-corrected chi connectivity index (χ1v) is 13.2. The van der Waals surface area contributed by atoms with Gasteiger partial charge >= 0.3 is 0 Å². The Balaban J connectivity index is 2.43. The molecule has 0 heterocycles. The van der Waals surface area contributed by atoms with E-state index in [1.54, 1.807) is 37.3 Å². The number of nitrogens with one attached hydrogen (secondary N) is 1. The highest BCUT2D eigenvalue weighted by Gasteiger charge is 2.32. The minimum absolute atomic E-state index is 0.0387. The maximum absolute atomic E-state index is 13.6. The van der Waals surface area contributed by atoms with E-state index in [1.165, 1.54) is 17.0 Å². The molecule has 0 radical (unpaired) electrons. The Hall–Kier alpha value is -2.94. The van der Waals surface area contributed by atoms with Gasteiger partial charge in [-0.05, 0) is 62.1 Å². The van der Waals surface area contributed by atoms with E-state index in [9.17, 15) is 22.4 Å². The zero-order chi connectivity index (χ0) is 25.5. The molecule has 0 aromatic heterocycles. The summed E-state index contributed by atoms with van der Waals surface area (Å²) in [5.74, 6) is -1.25. The van der Waals surface area contributed by atoms with Gasteiger partial charge in [0.2, 0.25) is 21.8 Å². The Morgan fingerprint density at radius 3 is 2.24 bits per heavy atom. The second-order valence-electron chi connectivity index (χ2n) is 8.50. The van der Waals surface area contributed by atoms with Gasteiger partial charge in [-0.3, -0.25) is 13.9 Å². The smallest absolute Gasteiger partial charge is 0.244 e. The second-order valence-corrected chi connectivity index (χ2v) is 10.4. The van der Waals surface area contributed by atoms with E-state index in [2.05, 4.69) is 5.32 Å². The fraction of sp³-hybridized carbons (Fsp3) is 0.440. The van der Waals surface area contributed by atoms with Crippen LogP contribution in [-0.4, -0.2) is 50.0 Å². The first kappa shape index (κ1) is 27.3. The standard InChI is InChI=1S/C25H34FN3O4S/c1-6-19(4)27-25(31)23(7-2)28(16-20-11-13-21(26)14-12-20)24(30)17-29(34(5,32)33)22-10-8-9-18(3)15-22/h8-15,19,23H,6-7,16-17H2,1-5H3,(H,27,31)/t19-,23+/m1/s1. The molecule has 2 aromatic carbocycles. The molecule has 0 aliphatic heterocycles. The van der Waals surface area contributed by atoms with Crippen molar-refractivity contribution in [2.75, 3.05) is 17.1 Å². The number of rotatable bonds is 11. The van der Waals surface area contributed by atoms with Crippen molar-refractivity contribution in [3.63, 3.8) is 0 Å². The molecular formula is C25H34FN3O4S. The van der Waals surface area contributed by atoms with Gasteiger partial charge in [0.05, 0.1) is 11.9 Å². The Morgan fingerprint density at radius 2 is 1.71 bits per heavy atom. The van der Waals surface area contributed by atoms with Crippen LogP contribution in [0.2, 0.25) is 0 Å². The first-order valence-electron chi connectivity index (χ1n) is 11.3. The Labute approximate surface area is 202 Å². The van der Waals surface area contributed by atoms with Crippen LogP contribution in [0.15, 0.2) is 48.5 Å².